The van der Waals surface area contributed by atoms with Gasteiger partial charge in [-0.2, -0.15) is 0 Å². The average Bonchev–Trinajstić information content (AvgIpc) is 2.09. The van der Waals surface area contributed by atoms with Crippen molar-refractivity contribution in [2.24, 2.45) is 0 Å². The molecule has 0 aliphatic heterocycles. The predicted octanol–water partition coefficient (Wildman–Crippen LogP) is 0.446. The molecule has 14 heavy (non-hydrogen) atoms. The van der Waals surface area contributed by atoms with E-state index < -0.39 is 11.3 Å². The topological polar surface area (TPSA) is 69.7 Å². The van der Waals surface area contributed by atoms with Gasteiger partial charge in [-0.1, -0.05) is 0 Å². The van der Waals surface area contributed by atoms with Crippen molar-refractivity contribution in [2.45, 2.75) is 26.2 Å². The Morgan fingerprint density at radius 1 is 1.43 bits per heavy atom. The van der Waals surface area contributed by atoms with E-state index >= 15 is 0 Å². The summed E-state index contributed by atoms with van der Waals surface area (Å²) in [4.78, 5) is 10.4. The number of ether oxygens (including phenoxy) is 1. The standard InChI is InChI=1S/C8H17NO4S/c1-8(10)13-7-5-3-4-6-9(2)14(11)12/h3-7H2,1-2H3,(H,11,12)/p-1. The van der Waals surface area contributed by atoms with Crippen molar-refractivity contribution < 1.29 is 18.3 Å². The summed E-state index contributed by atoms with van der Waals surface area (Å²) in [5.74, 6) is -0.275. The molecule has 0 N–H and O–H groups in total. The zero-order valence-corrected chi connectivity index (χ0v) is 9.34. The lowest BCUT2D eigenvalue weighted by Crippen LogP contribution is -2.21. The molecule has 0 heterocycles. The quantitative estimate of drug-likeness (QED) is 0.356. The Balaban J connectivity index is 3.21. The van der Waals surface area contributed by atoms with Crippen LogP contribution in [0.5, 0.6) is 0 Å². The lowest BCUT2D eigenvalue weighted by atomic mass is 10.2. The van der Waals surface area contributed by atoms with Gasteiger partial charge in [-0.05, 0) is 26.3 Å². The molecule has 1 atom stereocenters. The number of carbonyl (C=O) groups excluding carboxylic acids is 1. The van der Waals surface area contributed by atoms with Crippen LogP contribution in [0.3, 0.4) is 0 Å². The molecule has 0 saturated carbocycles. The van der Waals surface area contributed by atoms with E-state index in [1.807, 2.05) is 0 Å². The van der Waals surface area contributed by atoms with E-state index in [-0.39, 0.29) is 5.97 Å². The largest absolute Gasteiger partial charge is 0.760 e. The number of hydrogen-bond donors (Lipinski definition) is 0. The van der Waals surface area contributed by atoms with Crippen molar-refractivity contribution in [1.82, 2.24) is 4.31 Å². The summed E-state index contributed by atoms with van der Waals surface area (Å²) in [5, 5.41) is 0. The van der Waals surface area contributed by atoms with Crippen molar-refractivity contribution in [3.05, 3.63) is 0 Å². The zero-order valence-electron chi connectivity index (χ0n) is 8.52. The number of carbonyl (C=O) groups is 1. The van der Waals surface area contributed by atoms with Gasteiger partial charge in [0.2, 0.25) is 0 Å². The van der Waals surface area contributed by atoms with Crippen LogP contribution in [-0.2, 0) is 20.8 Å². The first-order valence-electron chi connectivity index (χ1n) is 4.48. The van der Waals surface area contributed by atoms with Crippen LogP contribution in [-0.4, -0.2) is 39.2 Å². The van der Waals surface area contributed by atoms with Crippen LogP contribution >= 0.6 is 0 Å². The van der Waals surface area contributed by atoms with E-state index in [0.717, 1.165) is 19.3 Å². The van der Waals surface area contributed by atoms with Crippen LogP contribution in [0.4, 0.5) is 0 Å². The van der Waals surface area contributed by atoms with Crippen molar-refractivity contribution in [3.8, 4) is 0 Å². The molecule has 0 aliphatic carbocycles. The van der Waals surface area contributed by atoms with Gasteiger partial charge in [0.1, 0.15) is 0 Å². The highest BCUT2D eigenvalue weighted by Gasteiger charge is 1.97. The van der Waals surface area contributed by atoms with Crippen LogP contribution in [0.1, 0.15) is 26.2 Å². The molecule has 1 unspecified atom stereocenters. The first kappa shape index (κ1) is 13.5. The molecule has 0 aromatic carbocycles. The van der Waals surface area contributed by atoms with Gasteiger partial charge in [-0.15, -0.1) is 0 Å². The molecular weight excluding hydrogens is 206 g/mol. The summed E-state index contributed by atoms with van der Waals surface area (Å²) >= 11 is -2.13. The molecule has 0 amide bonds. The van der Waals surface area contributed by atoms with Crippen molar-refractivity contribution in [2.75, 3.05) is 20.2 Å². The van der Waals surface area contributed by atoms with Gasteiger partial charge in [0.15, 0.2) is 0 Å². The fraction of sp³-hybridized carbons (Fsp3) is 0.875. The summed E-state index contributed by atoms with van der Waals surface area (Å²) in [6.45, 7) is 2.30. The lowest BCUT2D eigenvalue weighted by Gasteiger charge is -2.18. The van der Waals surface area contributed by atoms with Gasteiger partial charge in [0, 0.05) is 24.7 Å². The Labute approximate surface area is 86.8 Å². The highest BCUT2D eigenvalue weighted by molar-refractivity contribution is 7.76. The second-order valence-electron chi connectivity index (χ2n) is 2.97. The summed E-state index contributed by atoms with van der Waals surface area (Å²) in [6, 6.07) is 0. The lowest BCUT2D eigenvalue weighted by molar-refractivity contribution is -0.141. The van der Waals surface area contributed by atoms with Crippen LogP contribution < -0.4 is 0 Å². The monoisotopic (exact) mass is 222 g/mol. The maximum atomic E-state index is 10.4. The number of unbranched alkanes of at least 4 members (excludes halogenated alkanes) is 2. The minimum Gasteiger partial charge on any atom is -0.760 e. The van der Waals surface area contributed by atoms with Gasteiger partial charge in [-0.3, -0.25) is 9.00 Å². The van der Waals surface area contributed by atoms with Crippen LogP contribution in [0.2, 0.25) is 0 Å². The SMILES string of the molecule is CC(=O)OCCCCCN(C)S(=O)[O-]. The third-order valence-electron chi connectivity index (χ3n) is 1.68. The highest BCUT2D eigenvalue weighted by Crippen LogP contribution is 1.99. The first-order chi connectivity index (χ1) is 6.54. The van der Waals surface area contributed by atoms with E-state index in [1.165, 1.54) is 18.3 Å². The fourth-order valence-corrected chi connectivity index (χ4v) is 1.18. The third kappa shape index (κ3) is 8.15. The summed E-state index contributed by atoms with van der Waals surface area (Å²) in [7, 11) is 1.52. The van der Waals surface area contributed by atoms with Gasteiger partial charge in [0.25, 0.3) is 0 Å². The van der Waals surface area contributed by atoms with E-state index in [2.05, 4.69) is 0 Å². The van der Waals surface area contributed by atoms with Gasteiger partial charge < -0.3 is 9.29 Å². The van der Waals surface area contributed by atoms with E-state index in [1.54, 1.807) is 0 Å². The minimum absolute atomic E-state index is 0.275. The van der Waals surface area contributed by atoms with Crippen LogP contribution in [0, 0.1) is 0 Å². The molecular formula is C8H16NO4S-. The number of esters is 1. The van der Waals surface area contributed by atoms with Crippen LogP contribution in [0.25, 0.3) is 0 Å². The highest BCUT2D eigenvalue weighted by atomic mass is 32.2. The van der Waals surface area contributed by atoms with E-state index in [4.69, 9.17) is 4.74 Å². The second kappa shape index (κ2) is 7.90. The molecule has 0 aliphatic rings. The molecule has 0 saturated heterocycles. The number of hydrogen-bond acceptors (Lipinski definition) is 4. The Hall–Kier alpha value is -0.460. The molecule has 0 aromatic heterocycles. The number of nitrogens with zero attached hydrogens (tertiary/aromatic N) is 1. The molecule has 0 aromatic rings. The molecule has 84 valence electrons. The van der Waals surface area contributed by atoms with Gasteiger partial charge >= 0.3 is 5.97 Å². The van der Waals surface area contributed by atoms with Crippen molar-refractivity contribution in [3.63, 3.8) is 0 Å². The Morgan fingerprint density at radius 3 is 2.57 bits per heavy atom. The smallest absolute Gasteiger partial charge is 0.302 e. The summed E-state index contributed by atoms with van der Waals surface area (Å²) < 4.78 is 26.7. The van der Waals surface area contributed by atoms with Gasteiger partial charge in [0.05, 0.1) is 6.61 Å². The fourth-order valence-electron chi connectivity index (χ4n) is 0.904. The van der Waals surface area contributed by atoms with E-state index in [0.29, 0.717) is 13.2 Å². The zero-order chi connectivity index (χ0) is 11.0. The second-order valence-corrected chi connectivity index (χ2v) is 4.03. The Morgan fingerprint density at radius 2 is 2.07 bits per heavy atom. The molecule has 0 radical (unpaired) electrons. The van der Waals surface area contributed by atoms with Crippen molar-refractivity contribution >= 4 is 17.2 Å². The molecule has 5 nitrogen and oxygen atoms in total. The summed E-state index contributed by atoms with van der Waals surface area (Å²) in [5.41, 5.74) is 0. The maximum absolute atomic E-state index is 10.4. The molecule has 0 bridgehead atoms. The molecule has 0 rings (SSSR count). The molecule has 0 fully saturated rings. The normalized spacial score (nSPS) is 12.9. The maximum Gasteiger partial charge on any atom is 0.302 e. The number of rotatable bonds is 7. The van der Waals surface area contributed by atoms with Gasteiger partial charge in [-0.25, -0.2) is 4.31 Å². The molecule has 6 heteroatoms. The summed E-state index contributed by atoms with van der Waals surface area (Å²) in [6.07, 6.45) is 2.42. The van der Waals surface area contributed by atoms with Crippen LogP contribution in [0.15, 0.2) is 0 Å². The van der Waals surface area contributed by atoms with E-state index in [9.17, 15) is 13.6 Å². The predicted molar refractivity (Wildman–Crippen MR) is 52.0 cm³/mol. The average molecular weight is 222 g/mol. The Bertz CT molecular complexity index is 198. The third-order valence-corrected chi connectivity index (χ3v) is 2.37. The molecule has 0 spiro atoms. The Kier molecular flexibility index (Phi) is 7.64. The minimum atomic E-state index is -2.13. The van der Waals surface area contributed by atoms with Crippen molar-refractivity contribution in [1.29, 1.82) is 0 Å². The first-order valence-corrected chi connectivity index (χ1v) is 5.51.